The van der Waals surface area contributed by atoms with E-state index in [1.54, 1.807) is 44.4 Å². The van der Waals surface area contributed by atoms with E-state index in [0.29, 0.717) is 24.5 Å². The lowest BCUT2D eigenvalue weighted by Crippen LogP contribution is -2.39. The Morgan fingerprint density at radius 1 is 1.33 bits per heavy atom. The van der Waals surface area contributed by atoms with Gasteiger partial charge in [0.1, 0.15) is 5.75 Å². The molecule has 5 nitrogen and oxygen atoms in total. The first-order chi connectivity index (χ1) is 10.1. The first kappa shape index (κ1) is 16.9. The Balaban J connectivity index is 2.81. The zero-order chi connectivity index (χ0) is 15.7. The van der Waals surface area contributed by atoms with Crippen LogP contribution >= 0.6 is 0 Å². The van der Waals surface area contributed by atoms with Crippen LogP contribution in [0.2, 0.25) is 0 Å². The number of carbonyl (C=O) groups is 2. The zero-order valence-corrected chi connectivity index (χ0v) is 12.4. The molecule has 0 fully saturated rings. The van der Waals surface area contributed by atoms with Gasteiger partial charge >= 0.3 is 5.97 Å². The van der Waals surface area contributed by atoms with Gasteiger partial charge in [-0.1, -0.05) is 6.08 Å². The third kappa shape index (κ3) is 5.39. The Morgan fingerprint density at radius 3 is 2.52 bits per heavy atom. The summed E-state index contributed by atoms with van der Waals surface area (Å²) in [6.07, 6.45) is 1.63. The molecular weight excluding hydrogens is 270 g/mol. The van der Waals surface area contributed by atoms with Gasteiger partial charge < -0.3 is 14.8 Å². The molecule has 0 saturated heterocycles. The molecule has 0 aliphatic carbocycles. The molecule has 1 N–H and O–H groups in total. The molecular formula is C16H21NO4. The van der Waals surface area contributed by atoms with Crippen LogP contribution in [0, 0.1) is 0 Å². The highest BCUT2D eigenvalue weighted by Crippen LogP contribution is 2.14. The first-order valence-corrected chi connectivity index (χ1v) is 6.80. The van der Waals surface area contributed by atoms with Crippen molar-refractivity contribution >= 4 is 11.8 Å². The summed E-state index contributed by atoms with van der Waals surface area (Å²) in [5.74, 6) is 0.112. The van der Waals surface area contributed by atoms with Gasteiger partial charge in [0.05, 0.1) is 26.2 Å². The van der Waals surface area contributed by atoms with Gasteiger partial charge in [-0.2, -0.15) is 0 Å². The Morgan fingerprint density at radius 2 is 2.00 bits per heavy atom. The summed E-state index contributed by atoms with van der Waals surface area (Å²) in [6.45, 7) is 6.06. The third-order valence-electron chi connectivity index (χ3n) is 2.88. The summed E-state index contributed by atoms with van der Waals surface area (Å²) in [6, 6.07) is 6.14. The van der Waals surface area contributed by atoms with Crippen LogP contribution in [-0.2, 0) is 9.53 Å². The Hall–Kier alpha value is -2.14. The van der Waals surface area contributed by atoms with Crippen LogP contribution in [0.5, 0.6) is 5.75 Å². The van der Waals surface area contributed by atoms with E-state index in [4.69, 9.17) is 9.47 Å². The van der Waals surface area contributed by atoms with Gasteiger partial charge in [-0.25, -0.2) is 0 Å². The quantitative estimate of drug-likeness (QED) is 0.428. The highest BCUT2D eigenvalue weighted by atomic mass is 16.5. The predicted octanol–water partition coefficient (Wildman–Crippen LogP) is 1.98. The number of hydrogen-bond donors (Lipinski definition) is 1. The fourth-order valence-electron chi connectivity index (χ4n) is 1.83. The van der Waals surface area contributed by atoms with E-state index < -0.39 is 12.0 Å². The van der Waals surface area contributed by atoms with Crippen molar-refractivity contribution in [1.29, 1.82) is 0 Å². The molecule has 21 heavy (non-hydrogen) atoms. The number of ether oxygens (including phenoxy) is 2. The molecule has 1 aromatic carbocycles. The molecule has 1 unspecified atom stereocenters. The molecule has 0 saturated carbocycles. The summed E-state index contributed by atoms with van der Waals surface area (Å²) in [5.41, 5.74) is 0.515. The van der Waals surface area contributed by atoms with Crippen molar-refractivity contribution in [2.24, 2.45) is 0 Å². The van der Waals surface area contributed by atoms with Crippen molar-refractivity contribution in [2.45, 2.75) is 19.4 Å². The monoisotopic (exact) mass is 291 g/mol. The van der Waals surface area contributed by atoms with Crippen molar-refractivity contribution < 1.29 is 19.1 Å². The maximum absolute atomic E-state index is 12.4. The van der Waals surface area contributed by atoms with E-state index in [1.165, 1.54) is 0 Å². The molecule has 0 spiro atoms. The minimum absolute atomic E-state index is 0.00740. The highest BCUT2D eigenvalue weighted by molar-refractivity contribution is 6.01. The van der Waals surface area contributed by atoms with Gasteiger partial charge in [0, 0.05) is 12.1 Å². The Kier molecular flexibility index (Phi) is 7.18. The van der Waals surface area contributed by atoms with E-state index >= 15 is 0 Å². The maximum atomic E-state index is 12.4. The van der Waals surface area contributed by atoms with Gasteiger partial charge in [-0.05, 0) is 31.2 Å². The predicted molar refractivity (Wildman–Crippen MR) is 80.6 cm³/mol. The van der Waals surface area contributed by atoms with Crippen LogP contribution in [0.1, 0.15) is 23.7 Å². The first-order valence-electron chi connectivity index (χ1n) is 6.80. The summed E-state index contributed by atoms with van der Waals surface area (Å²) in [4.78, 5) is 24.0. The lowest BCUT2D eigenvalue weighted by molar-refractivity contribution is -0.143. The minimum Gasteiger partial charge on any atom is -0.497 e. The zero-order valence-electron chi connectivity index (χ0n) is 12.4. The molecule has 0 heterocycles. The van der Waals surface area contributed by atoms with Crippen LogP contribution in [0.4, 0.5) is 0 Å². The fraction of sp³-hybridized carbons (Fsp3) is 0.375. The van der Waals surface area contributed by atoms with Gasteiger partial charge in [0.25, 0.3) is 0 Å². The largest absolute Gasteiger partial charge is 0.497 e. The number of hydrogen-bond acceptors (Lipinski definition) is 5. The number of Topliss-reactive ketones (excluding diaryl/α,β-unsaturated/α-hetero) is 1. The molecule has 0 amide bonds. The van der Waals surface area contributed by atoms with E-state index in [2.05, 4.69) is 11.9 Å². The van der Waals surface area contributed by atoms with Gasteiger partial charge in [-0.15, -0.1) is 6.58 Å². The maximum Gasteiger partial charge on any atom is 0.307 e. The number of nitrogens with one attached hydrogen (secondary N) is 1. The second kappa shape index (κ2) is 8.92. The molecule has 1 aromatic rings. The van der Waals surface area contributed by atoms with E-state index in [1.807, 2.05) is 0 Å². The van der Waals surface area contributed by atoms with Crippen molar-refractivity contribution in [3.8, 4) is 5.75 Å². The van der Waals surface area contributed by atoms with Crippen LogP contribution in [-0.4, -0.2) is 38.1 Å². The number of carbonyl (C=O) groups excluding carboxylic acids is 2. The average Bonchev–Trinajstić information content (AvgIpc) is 2.51. The minimum atomic E-state index is -0.629. The standard InChI is InChI=1S/C16H21NO4/c1-4-10-17-14(11-15(18)21-5-2)16(19)12-6-8-13(20-3)9-7-12/h4,6-9,14,17H,1,5,10-11H2,2-3H3. The van der Waals surface area contributed by atoms with Crippen molar-refractivity contribution in [3.63, 3.8) is 0 Å². The van der Waals surface area contributed by atoms with Crippen molar-refractivity contribution in [2.75, 3.05) is 20.3 Å². The molecule has 0 bridgehead atoms. The molecule has 0 aromatic heterocycles. The molecule has 114 valence electrons. The van der Waals surface area contributed by atoms with Gasteiger partial charge in [-0.3, -0.25) is 9.59 Å². The second-order valence-electron chi connectivity index (χ2n) is 4.35. The molecule has 0 radical (unpaired) electrons. The smallest absolute Gasteiger partial charge is 0.307 e. The van der Waals surface area contributed by atoms with Gasteiger partial charge in [0.2, 0.25) is 0 Å². The molecule has 0 aliphatic rings. The van der Waals surface area contributed by atoms with Crippen molar-refractivity contribution in [1.82, 2.24) is 5.32 Å². The lowest BCUT2D eigenvalue weighted by Gasteiger charge is -2.16. The summed E-state index contributed by atoms with van der Waals surface area (Å²) in [7, 11) is 1.56. The number of ketones is 1. The lowest BCUT2D eigenvalue weighted by atomic mass is 10.0. The summed E-state index contributed by atoms with van der Waals surface area (Å²) < 4.78 is 9.95. The van der Waals surface area contributed by atoms with E-state index in [-0.39, 0.29) is 12.2 Å². The number of esters is 1. The molecule has 5 heteroatoms. The van der Waals surface area contributed by atoms with Crippen LogP contribution in [0.15, 0.2) is 36.9 Å². The van der Waals surface area contributed by atoms with Crippen molar-refractivity contribution in [3.05, 3.63) is 42.5 Å². The van der Waals surface area contributed by atoms with Crippen LogP contribution in [0.25, 0.3) is 0 Å². The number of rotatable bonds is 9. The van der Waals surface area contributed by atoms with Gasteiger partial charge in [0.15, 0.2) is 5.78 Å². The average molecular weight is 291 g/mol. The Labute approximate surface area is 124 Å². The topological polar surface area (TPSA) is 64.6 Å². The van der Waals surface area contributed by atoms with E-state index in [0.717, 1.165) is 0 Å². The Bertz CT molecular complexity index is 482. The summed E-state index contributed by atoms with van der Waals surface area (Å²) in [5, 5.41) is 2.99. The molecule has 0 aliphatic heterocycles. The van der Waals surface area contributed by atoms with Crippen LogP contribution in [0.3, 0.4) is 0 Å². The number of benzene rings is 1. The fourth-order valence-corrected chi connectivity index (χ4v) is 1.83. The molecule has 1 atom stereocenters. The number of methoxy groups -OCH3 is 1. The SMILES string of the molecule is C=CCNC(CC(=O)OCC)C(=O)c1ccc(OC)cc1. The molecule has 1 rings (SSSR count). The second-order valence-corrected chi connectivity index (χ2v) is 4.35. The third-order valence-corrected chi connectivity index (χ3v) is 2.88. The van der Waals surface area contributed by atoms with Crippen LogP contribution < -0.4 is 10.1 Å². The normalized spacial score (nSPS) is 11.5. The summed E-state index contributed by atoms with van der Waals surface area (Å²) >= 11 is 0. The highest BCUT2D eigenvalue weighted by Gasteiger charge is 2.23. The van der Waals surface area contributed by atoms with E-state index in [9.17, 15) is 9.59 Å².